The van der Waals surface area contributed by atoms with Crippen LogP contribution in [0, 0.1) is 11.2 Å². The second-order valence-electron chi connectivity index (χ2n) is 6.34. The minimum atomic E-state index is -1.15. The van der Waals surface area contributed by atoms with Crippen molar-refractivity contribution in [2.24, 2.45) is 5.73 Å². The monoisotopic (exact) mass is 384 g/mol. The van der Waals surface area contributed by atoms with E-state index in [9.17, 15) is 14.0 Å². The Hall–Kier alpha value is -3.26. The molecule has 28 heavy (non-hydrogen) atoms. The third-order valence-electron chi connectivity index (χ3n) is 4.50. The van der Waals surface area contributed by atoms with Crippen LogP contribution in [-0.4, -0.2) is 35.4 Å². The lowest BCUT2D eigenvalue weighted by Crippen LogP contribution is -2.48. The van der Waals surface area contributed by atoms with E-state index in [-0.39, 0.29) is 36.7 Å². The Morgan fingerprint density at radius 3 is 2.64 bits per heavy atom. The van der Waals surface area contributed by atoms with Crippen LogP contribution in [0.1, 0.15) is 34.0 Å². The summed E-state index contributed by atoms with van der Waals surface area (Å²) in [6.45, 7) is 2.12. The molecule has 7 nitrogen and oxygen atoms in total. The summed E-state index contributed by atoms with van der Waals surface area (Å²) in [5.74, 6) is -1.44. The summed E-state index contributed by atoms with van der Waals surface area (Å²) >= 11 is 0. The molecule has 0 aromatic heterocycles. The summed E-state index contributed by atoms with van der Waals surface area (Å²) in [6.07, 6.45) is -1.15. The maximum atomic E-state index is 14.0. The van der Waals surface area contributed by atoms with Gasteiger partial charge in [-0.25, -0.2) is 4.39 Å². The van der Waals surface area contributed by atoms with Gasteiger partial charge in [0.15, 0.2) is 0 Å². The summed E-state index contributed by atoms with van der Waals surface area (Å²) in [4.78, 5) is 26.5. The second-order valence-corrected chi connectivity index (χ2v) is 6.34. The molecule has 8 heteroatoms. The molecule has 146 valence electrons. The molecular weight excluding hydrogens is 363 g/mol. The largest absolute Gasteiger partial charge is 0.384 e. The van der Waals surface area contributed by atoms with E-state index in [1.807, 2.05) is 0 Å². The first-order valence-corrected chi connectivity index (χ1v) is 8.83. The van der Waals surface area contributed by atoms with Gasteiger partial charge >= 0.3 is 0 Å². The molecule has 0 aliphatic carbocycles. The molecule has 0 bridgehead atoms. The van der Waals surface area contributed by atoms with Crippen LogP contribution < -0.4 is 11.1 Å². The van der Waals surface area contributed by atoms with Gasteiger partial charge in [0, 0.05) is 29.8 Å². The highest BCUT2D eigenvalue weighted by Crippen LogP contribution is 2.27. The Morgan fingerprint density at radius 2 is 2.04 bits per heavy atom. The van der Waals surface area contributed by atoms with E-state index in [1.165, 1.54) is 23.1 Å². The molecule has 2 aromatic rings. The van der Waals surface area contributed by atoms with Crippen molar-refractivity contribution >= 4 is 17.6 Å². The van der Waals surface area contributed by atoms with E-state index in [4.69, 9.17) is 15.9 Å². The molecule has 1 atom stereocenters. The van der Waals surface area contributed by atoms with Crippen molar-refractivity contribution in [3.63, 3.8) is 0 Å². The van der Waals surface area contributed by atoms with Crippen LogP contribution >= 0.6 is 0 Å². The highest BCUT2D eigenvalue weighted by Gasteiger charge is 2.38. The van der Waals surface area contributed by atoms with Crippen molar-refractivity contribution < 1.29 is 18.7 Å². The van der Waals surface area contributed by atoms with Gasteiger partial charge in [-0.3, -0.25) is 15.0 Å². The van der Waals surface area contributed by atoms with Crippen molar-refractivity contribution in [1.82, 2.24) is 10.2 Å². The van der Waals surface area contributed by atoms with E-state index in [0.29, 0.717) is 5.56 Å². The lowest BCUT2D eigenvalue weighted by molar-refractivity contribution is -0.143. The quantitative estimate of drug-likeness (QED) is 0.499. The predicted molar refractivity (Wildman–Crippen MR) is 101 cm³/mol. The van der Waals surface area contributed by atoms with Gasteiger partial charge in [0.25, 0.3) is 11.8 Å². The molecule has 0 saturated carbocycles. The summed E-state index contributed by atoms with van der Waals surface area (Å²) in [6, 6.07) is 11.2. The van der Waals surface area contributed by atoms with E-state index >= 15 is 0 Å². The summed E-state index contributed by atoms with van der Waals surface area (Å²) < 4.78 is 19.5. The zero-order valence-electron chi connectivity index (χ0n) is 15.4. The maximum absolute atomic E-state index is 14.0. The van der Waals surface area contributed by atoms with Gasteiger partial charge in [0.1, 0.15) is 11.7 Å². The number of nitrogen functional groups attached to an aromatic ring is 1. The number of nitrogens with one attached hydrogen (secondary N) is 2. The summed E-state index contributed by atoms with van der Waals surface area (Å²) in [5.41, 5.74) is 7.33. The molecule has 3 rings (SSSR count). The molecule has 1 unspecified atom stereocenters. The fraction of sp³-hybridized carbons (Fsp3) is 0.250. The minimum Gasteiger partial charge on any atom is -0.384 e. The molecule has 1 aliphatic heterocycles. The molecule has 2 amide bonds. The molecule has 1 aliphatic rings. The number of amidine groups is 1. The van der Waals surface area contributed by atoms with Crippen molar-refractivity contribution in [3.8, 4) is 0 Å². The Labute approximate surface area is 161 Å². The molecule has 0 radical (unpaired) electrons. The van der Waals surface area contributed by atoms with Gasteiger partial charge in [0.05, 0.1) is 6.54 Å². The average molecular weight is 384 g/mol. The molecule has 0 spiro atoms. The average Bonchev–Trinajstić information content (AvgIpc) is 3.02. The standard InChI is InChI=1S/C20H21FN4O3/c1-2-28-20(25-11-15-14(19(25)27)4-3-5-16(15)21)18(26)24-10-12-6-8-13(9-7-12)17(22)23/h3-9,20H,2,10-11H2,1H3,(H3,22,23)(H,24,26). The number of carbonyl (C=O) groups is 2. The van der Waals surface area contributed by atoms with Gasteiger partial charge in [0.2, 0.25) is 6.23 Å². The Bertz CT molecular complexity index is 914. The third kappa shape index (κ3) is 3.86. The fourth-order valence-electron chi connectivity index (χ4n) is 3.05. The van der Waals surface area contributed by atoms with Crippen molar-refractivity contribution in [3.05, 3.63) is 70.5 Å². The molecular formula is C20H21FN4O3. The van der Waals surface area contributed by atoms with Crippen LogP contribution in [0.15, 0.2) is 42.5 Å². The number of benzene rings is 2. The maximum Gasteiger partial charge on any atom is 0.270 e. The lowest BCUT2D eigenvalue weighted by Gasteiger charge is -2.26. The number of nitrogens with two attached hydrogens (primary N) is 1. The number of hydrogen-bond donors (Lipinski definition) is 3. The molecule has 0 saturated heterocycles. The summed E-state index contributed by atoms with van der Waals surface area (Å²) in [7, 11) is 0. The van der Waals surface area contributed by atoms with E-state index in [2.05, 4.69) is 5.32 Å². The highest BCUT2D eigenvalue weighted by atomic mass is 19.1. The van der Waals surface area contributed by atoms with Crippen molar-refractivity contribution in [1.29, 1.82) is 5.41 Å². The third-order valence-corrected chi connectivity index (χ3v) is 4.50. The van der Waals surface area contributed by atoms with E-state index in [0.717, 1.165) is 5.56 Å². The molecule has 2 aromatic carbocycles. The Kier molecular flexibility index (Phi) is 5.70. The van der Waals surface area contributed by atoms with Crippen LogP contribution in [0.2, 0.25) is 0 Å². The van der Waals surface area contributed by atoms with E-state index < -0.39 is 23.9 Å². The molecule has 0 fully saturated rings. The SMILES string of the molecule is CCOC(C(=O)NCc1ccc(C(=N)N)cc1)N1Cc2c(F)cccc2C1=O. The van der Waals surface area contributed by atoms with Gasteiger partial charge in [-0.05, 0) is 24.6 Å². The number of nitrogens with zero attached hydrogens (tertiary/aromatic N) is 1. The molecule has 4 N–H and O–H groups in total. The number of halogens is 1. The second kappa shape index (κ2) is 8.18. The van der Waals surface area contributed by atoms with Crippen LogP contribution in [0.4, 0.5) is 4.39 Å². The summed E-state index contributed by atoms with van der Waals surface area (Å²) in [5, 5.41) is 10.1. The van der Waals surface area contributed by atoms with Crippen LogP contribution in [0.5, 0.6) is 0 Å². The zero-order valence-corrected chi connectivity index (χ0v) is 15.4. The first-order chi connectivity index (χ1) is 13.4. The topological polar surface area (TPSA) is 109 Å². The smallest absolute Gasteiger partial charge is 0.270 e. The fourth-order valence-corrected chi connectivity index (χ4v) is 3.05. The Morgan fingerprint density at radius 1 is 1.32 bits per heavy atom. The van der Waals surface area contributed by atoms with Crippen LogP contribution in [0.3, 0.4) is 0 Å². The Balaban J connectivity index is 1.70. The van der Waals surface area contributed by atoms with Gasteiger partial charge < -0.3 is 20.7 Å². The van der Waals surface area contributed by atoms with Gasteiger partial charge in [-0.15, -0.1) is 0 Å². The van der Waals surface area contributed by atoms with Gasteiger partial charge in [-0.1, -0.05) is 30.3 Å². The first-order valence-electron chi connectivity index (χ1n) is 8.83. The van der Waals surface area contributed by atoms with E-state index in [1.54, 1.807) is 31.2 Å². The number of hydrogen-bond acceptors (Lipinski definition) is 4. The number of carbonyl (C=O) groups excluding carboxylic acids is 2. The van der Waals surface area contributed by atoms with Crippen LogP contribution in [0.25, 0.3) is 0 Å². The lowest BCUT2D eigenvalue weighted by atomic mass is 10.1. The highest BCUT2D eigenvalue weighted by molar-refractivity contribution is 6.00. The number of ether oxygens (including phenoxy) is 1. The number of rotatable bonds is 7. The van der Waals surface area contributed by atoms with Crippen LogP contribution in [-0.2, 0) is 22.6 Å². The normalized spacial score (nSPS) is 13.9. The minimum absolute atomic E-state index is 0.0216. The van der Waals surface area contributed by atoms with Crippen molar-refractivity contribution in [2.45, 2.75) is 26.2 Å². The van der Waals surface area contributed by atoms with Gasteiger partial charge in [-0.2, -0.15) is 0 Å². The zero-order chi connectivity index (χ0) is 20.3. The molecule has 1 heterocycles. The van der Waals surface area contributed by atoms with Crippen molar-refractivity contribution in [2.75, 3.05) is 6.61 Å². The first kappa shape index (κ1) is 19.5. The number of fused-ring (bicyclic) bond motifs is 1. The predicted octanol–water partition coefficient (Wildman–Crippen LogP) is 1.74. The number of amides is 2.